The minimum atomic E-state index is -1.76. The number of hydrogen-bond acceptors (Lipinski definition) is 17. The Labute approximate surface area is 384 Å². The van der Waals surface area contributed by atoms with Crippen LogP contribution in [-0.2, 0) is 28.4 Å². The third kappa shape index (κ3) is 8.84. The molecule has 0 radical (unpaired) electrons. The van der Waals surface area contributed by atoms with Crippen molar-refractivity contribution < 1.29 is 84.6 Å². The maximum Gasteiger partial charge on any atom is 0.187 e. The minimum absolute atomic E-state index is 0.0616. The van der Waals surface area contributed by atoms with Crippen LogP contribution in [-0.4, -0.2) is 179 Å². The van der Waals surface area contributed by atoms with Crippen molar-refractivity contribution in [2.75, 3.05) is 13.2 Å². The number of aliphatic hydroxyl groups excluding tert-OH is 11. The van der Waals surface area contributed by atoms with Crippen LogP contribution in [0, 0.1) is 45.3 Å². The first-order valence-corrected chi connectivity index (χ1v) is 24.3. The molecule has 7 aliphatic rings. The summed E-state index contributed by atoms with van der Waals surface area (Å²) in [4.78, 5) is 0. The van der Waals surface area contributed by atoms with Gasteiger partial charge in [-0.15, -0.1) is 0 Å². The molecule has 0 spiro atoms. The molecule has 17 nitrogen and oxygen atoms in total. The van der Waals surface area contributed by atoms with Gasteiger partial charge in [0, 0.05) is 5.41 Å². The summed E-state index contributed by atoms with van der Waals surface area (Å²) < 4.78 is 36.0. The summed E-state index contributed by atoms with van der Waals surface area (Å²) in [7, 11) is 0. The van der Waals surface area contributed by atoms with E-state index >= 15 is 0 Å². The second-order valence-electron chi connectivity index (χ2n) is 22.9. The summed E-state index contributed by atoms with van der Waals surface area (Å²) in [5.41, 5.74) is -0.0450. The van der Waals surface area contributed by atoms with Crippen molar-refractivity contribution in [3.05, 3.63) is 11.6 Å². The van der Waals surface area contributed by atoms with Gasteiger partial charge in [0.15, 0.2) is 18.9 Å². The lowest BCUT2D eigenvalue weighted by Gasteiger charge is -2.66. The Morgan fingerprint density at radius 3 is 1.85 bits per heavy atom. The predicted octanol–water partition coefficient (Wildman–Crippen LogP) is 1.00. The highest BCUT2D eigenvalue weighted by molar-refractivity contribution is 5.30. The van der Waals surface area contributed by atoms with Crippen molar-refractivity contribution in [1.29, 1.82) is 0 Å². The van der Waals surface area contributed by atoms with Gasteiger partial charge in [0.25, 0.3) is 0 Å². The van der Waals surface area contributed by atoms with E-state index in [4.69, 9.17) is 28.4 Å². The third-order valence-corrected chi connectivity index (χ3v) is 18.7. The molecule has 0 aromatic heterocycles. The molecule has 11 N–H and O–H groups in total. The van der Waals surface area contributed by atoms with Gasteiger partial charge in [-0.3, -0.25) is 0 Å². The number of aliphatic hydroxyl groups is 11. The lowest BCUT2D eigenvalue weighted by atomic mass is 9.39. The second-order valence-corrected chi connectivity index (χ2v) is 22.9. The molecule has 0 aromatic rings. The lowest BCUT2D eigenvalue weighted by Crippen LogP contribution is -2.65. The van der Waals surface area contributed by atoms with Crippen molar-refractivity contribution in [3.8, 4) is 0 Å². The normalized spacial score (nSPS) is 51.0. The Hall–Kier alpha value is -0.940. The van der Waals surface area contributed by atoms with Gasteiger partial charge >= 0.3 is 0 Å². The summed E-state index contributed by atoms with van der Waals surface area (Å²) in [6.45, 7) is 18.0. The van der Waals surface area contributed by atoms with Crippen molar-refractivity contribution in [1.82, 2.24) is 0 Å². The van der Waals surface area contributed by atoms with Crippen LogP contribution >= 0.6 is 0 Å². The Morgan fingerprint density at radius 2 is 1.26 bits per heavy atom. The average Bonchev–Trinajstić information content (AvgIpc) is 3.54. The molecule has 4 aliphatic carbocycles. The molecular formula is C48H82O17. The third-order valence-electron chi connectivity index (χ3n) is 18.7. The van der Waals surface area contributed by atoms with Gasteiger partial charge in [-0.1, -0.05) is 53.2 Å². The van der Waals surface area contributed by atoms with Crippen LogP contribution in [0.4, 0.5) is 0 Å². The van der Waals surface area contributed by atoms with E-state index in [0.717, 1.165) is 51.4 Å². The largest absolute Gasteiger partial charge is 0.394 e. The van der Waals surface area contributed by atoms with E-state index in [-0.39, 0.29) is 33.7 Å². The van der Waals surface area contributed by atoms with Crippen LogP contribution < -0.4 is 0 Å². The van der Waals surface area contributed by atoms with Crippen LogP contribution in [0.15, 0.2) is 11.6 Å². The number of allylic oxidation sites excluding steroid dienone is 1. The van der Waals surface area contributed by atoms with E-state index in [2.05, 4.69) is 47.6 Å². The van der Waals surface area contributed by atoms with E-state index in [9.17, 15) is 56.2 Å². The summed E-state index contributed by atoms with van der Waals surface area (Å²) >= 11 is 0. The van der Waals surface area contributed by atoms with E-state index in [1.54, 1.807) is 20.8 Å². The average molecular weight is 931 g/mol. The number of hydrogen-bond donors (Lipinski definition) is 11. The van der Waals surface area contributed by atoms with Crippen LogP contribution in [0.3, 0.4) is 0 Å². The summed E-state index contributed by atoms with van der Waals surface area (Å²) in [5, 5.41) is 116. The first-order chi connectivity index (χ1) is 30.3. The van der Waals surface area contributed by atoms with Crippen LogP contribution in [0.25, 0.3) is 0 Å². The highest BCUT2D eigenvalue weighted by Crippen LogP contribution is 2.75. The zero-order valence-corrected chi connectivity index (χ0v) is 39.8. The van der Waals surface area contributed by atoms with E-state index in [1.807, 2.05) is 0 Å². The van der Waals surface area contributed by atoms with Crippen molar-refractivity contribution in [2.24, 2.45) is 45.3 Å². The summed E-state index contributed by atoms with van der Waals surface area (Å²) in [6.07, 6.45) is -11.9. The van der Waals surface area contributed by atoms with Crippen LogP contribution in [0.2, 0.25) is 0 Å². The minimum Gasteiger partial charge on any atom is -0.394 e. The van der Waals surface area contributed by atoms with Crippen molar-refractivity contribution in [2.45, 2.75) is 230 Å². The van der Waals surface area contributed by atoms with Gasteiger partial charge in [-0.05, 0) is 118 Å². The predicted molar refractivity (Wildman–Crippen MR) is 232 cm³/mol. The van der Waals surface area contributed by atoms with Gasteiger partial charge in [0.2, 0.25) is 0 Å². The highest BCUT2D eigenvalue weighted by Gasteiger charge is 2.67. The molecule has 3 saturated carbocycles. The topological polar surface area (TPSA) is 278 Å². The Kier molecular flexibility index (Phi) is 15.2. The number of ether oxygens (including phenoxy) is 6. The molecule has 3 heterocycles. The molecule has 0 bridgehead atoms. The number of fused-ring (bicyclic) bond motifs is 5. The fourth-order valence-electron chi connectivity index (χ4n) is 14.1. The first-order valence-electron chi connectivity index (χ1n) is 24.3. The molecule has 0 aromatic carbocycles. The van der Waals surface area contributed by atoms with Crippen LogP contribution in [0.5, 0.6) is 0 Å². The molecule has 24 atom stereocenters. The molecule has 6 fully saturated rings. The molecule has 7 rings (SSSR count). The Balaban J connectivity index is 0.997. The molecule has 3 aliphatic heterocycles. The zero-order chi connectivity index (χ0) is 47.9. The van der Waals surface area contributed by atoms with E-state index in [0.29, 0.717) is 24.2 Å². The lowest BCUT2D eigenvalue weighted by molar-refractivity contribution is -0.377. The maximum absolute atomic E-state index is 11.8. The summed E-state index contributed by atoms with van der Waals surface area (Å²) in [5.74, 6) is 1.52. The zero-order valence-electron chi connectivity index (χ0n) is 39.8. The van der Waals surface area contributed by atoms with E-state index < -0.39 is 117 Å². The molecule has 0 amide bonds. The summed E-state index contributed by atoms with van der Waals surface area (Å²) in [6, 6.07) is 0. The molecule has 17 heteroatoms. The van der Waals surface area contributed by atoms with E-state index in [1.165, 1.54) is 5.57 Å². The quantitative estimate of drug-likeness (QED) is 0.115. The first kappa shape index (κ1) is 51.9. The maximum atomic E-state index is 11.8. The van der Waals surface area contributed by atoms with Crippen molar-refractivity contribution in [3.63, 3.8) is 0 Å². The molecule has 65 heavy (non-hydrogen) atoms. The van der Waals surface area contributed by atoms with Gasteiger partial charge in [-0.2, -0.15) is 0 Å². The van der Waals surface area contributed by atoms with Crippen LogP contribution in [0.1, 0.15) is 120 Å². The van der Waals surface area contributed by atoms with Crippen molar-refractivity contribution >= 4 is 0 Å². The fraction of sp³-hybridized carbons (Fsp3) is 0.958. The Bertz CT molecular complexity index is 1660. The standard InChI is InChI=1S/C48H82O17/c1-22(10-14-30(51)45(5,6)65-43-40(37(57)32(52)23(2)60-43)64-42-39(59)36(56)34(54)28(21-50)62-42)24-16-17-48(9)29-13-11-25-26(46(29,7)18-19-47(24,48)8)12-15-31(44(25,3)4)63-41-38(58)35(55)33(53)27(20-49)61-41/h11,22-24,26-43,49-59H,10,12-21H2,1-9H3. The molecule has 376 valence electrons. The molecule has 3 saturated heterocycles. The number of rotatable bonds is 13. The van der Waals surface area contributed by atoms with Gasteiger partial charge < -0.3 is 84.6 Å². The SMILES string of the molecule is CC(CCC(O)C(C)(C)OC1OC(C)C(O)C(O)C1OC1OC(CO)C(O)C(O)C1O)C1CCC2(C)C3CC=C4C(CCC(OC5OC(CO)C(O)C(O)C5O)C4(C)C)C3(C)CCC12C. The second kappa shape index (κ2) is 19.0. The van der Waals surface area contributed by atoms with Gasteiger partial charge in [0.05, 0.1) is 37.1 Å². The van der Waals surface area contributed by atoms with Gasteiger partial charge in [-0.25, -0.2) is 0 Å². The Morgan fingerprint density at radius 1 is 0.677 bits per heavy atom. The highest BCUT2D eigenvalue weighted by atomic mass is 16.8. The fourth-order valence-corrected chi connectivity index (χ4v) is 14.1. The molecule has 24 unspecified atom stereocenters. The molecular weight excluding hydrogens is 849 g/mol. The monoisotopic (exact) mass is 931 g/mol. The van der Waals surface area contributed by atoms with Gasteiger partial charge in [0.1, 0.15) is 67.1 Å². The smallest absolute Gasteiger partial charge is 0.187 e.